The molecular weight excluding hydrogens is 566 g/mol. The van der Waals surface area contributed by atoms with E-state index in [0.717, 1.165) is 35.2 Å². The molecule has 1 aliphatic rings. The van der Waals surface area contributed by atoms with Crippen molar-refractivity contribution in [3.8, 4) is 11.4 Å². The molecule has 0 bridgehead atoms. The third-order valence-electron chi connectivity index (χ3n) is 7.70. The Labute approximate surface area is 256 Å². The Morgan fingerprint density at radius 3 is 2.49 bits per heavy atom. The van der Waals surface area contributed by atoms with E-state index in [9.17, 15) is 9.59 Å². The molecule has 224 valence electrons. The molecule has 1 N–H and O–H groups in total. The third kappa shape index (κ3) is 7.03. The summed E-state index contributed by atoms with van der Waals surface area (Å²) in [6, 6.07) is 19.5. The number of ether oxygens (including phenoxy) is 1. The number of benzene rings is 3. The van der Waals surface area contributed by atoms with Gasteiger partial charge in [0.1, 0.15) is 12.6 Å². The van der Waals surface area contributed by atoms with Crippen molar-refractivity contribution in [3.05, 3.63) is 88.4 Å². The molecule has 11 heteroatoms. The fourth-order valence-corrected chi connectivity index (χ4v) is 5.25. The lowest BCUT2D eigenvalue weighted by Gasteiger charge is -2.33. The lowest BCUT2D eigenvalue weighted by molar-refractivity contribution is -0.127. The molecule has 1 fully saturated rings. The minimum Gasteiger partial charge on any atom is -0.378 e. The number of nitrogens with zero attached hydrogens (tertiary/aromatic N) is 6. The number of carbonyl (C=O) groups excluding carboxylic acids is 2. The number of aromatic nitrogens is 4. The molecule has 43 heavy (non-hydrogen) atoms. The average Bonchev–Trinajstić information content (AvgIpc) is 3.69. The predicted octanol–water partition coefficient (Wildman–Crippen LogP) is 4.75. The summed E-state index contributed by atoms with van der Waals surface area (Å²) in [5, 5.41) is 16.4. The Kier molecular flexibility index (Phi) is 9.37. The van der Waals surface area contributed by atoms with Crippen molar-refractivity contribution < 1.29 is 14.3 Å². The minimum atomic E-state index is -0.954. The molecule has 2 atom stereocenters. The van der Waals surface area contributed by atoms with Crippen LogP contribution in [-0.4, -0.2) is 65.4 Å². The Balaban J connectivity index is 1.52. The van der Waals surface area contributed by atoms with E-state index < -0.39 is 6.04 Å². The maximum Gasteiger partial charge on any atom is 0.251 e. The molecular formula is C32H36ClN7O3. The number of rotatable bonds is 10. The van der Waals surface area contributed by atoms with Crippen molar-refractivity contribution in [2.75, 3.05) is 37.0 Å². The first-order chi connectivity index (χ1) is 20.7. The summed E-state index contributed by atoms with van der Waals surface area (Å²) in [7, 11) is 3.91. The molecule has 4 aromatic rings. The van der Waals surface area contributed by atoms with Gasteiger partial charge in [0.25, 0.3) is 5.91 Å². The van der Waals surface area contributed by atoms with Crippen LogP contribution in [0, 0.1) is 13.8 Å². The van der Waals surface area contributed by atoms with Crippen molar-refractivity contribution in [3.63, 3.8) is 0 Å². The average molecular weight is 602 g/mol. The summed E-state index contributed by atoms with van der Waals surface area (Å²) in [5.41, 5.74) is 4.91. The van der Waals surface area contributed by atoms with Gasteiger partial charge in [0, 0.05) is 49.2 Å². The largest absolute Gasteiger partial charge is 0.378 e. The second kappa shape index (κ2) is 13.4. The van der Waals surface area contributed by atoms with Gasteiger partial charge in [-0.15, -0.1) is 10.2 Å². The number of carbonyl (C=O) groups is 2. The number of tetrazole rings is 1. The second-order valence-electron chi connectivity index (χ2n) is 10.9. The highest BCUT2D eigenvalue weighted by Gasteiger charge is 2.35. The second-order valence-corrected chi connectivity index (χ2v) is 11.3. The van der Waals surface area contributed by atoms with Gasteiger partial charge in [-0.05, 0) is 91.1 Å². The van der Waals surface area contributed by atoms with Gasteiger partial charge < -0.3 is 15.0 Å². The smallest absolute Gasteiger partial charge is 0.251 e. The topological polar surface area (TPSA) is 105 Å². The molecule has 1 saturated heterocycles. The highest BCUT2D eigenvalue weighted by atomic mass is 35.5. The van der Waals surface area contributed by atoms with Crippen LogP contribution >= 0.6 is 11.6 Å². The monoisotopic (exact) mass is 601 g/mol. The van der Waals surface area contributed by atoms with E-state index in [4.69, 9.17) is 16.3 Å². The number of amides is 2. The normalized spacial score (nSPS) is 15.2. The van der Waals surface area contributed by atoms with E-state index in [1.807, 2.05) is 75.3 Å². The molecule has 1 aliphatic heterocycles. The first kappa shape index (κ1) is 30.2. The number of anilines is 2. The van der Waals surface area contributed by atoms with Gasteiger partial charge in [-0.25, -0.2) is 0 Å². The Bertz CT molecular complexity index is 1560. The summed E-state index contributed by atoms with van der Waals surface area (Å²) in [4.78, 5) is 33.2. The van der Waals surface area contributed by atoms with Crippen LogP contribution in [0.25, 0.3) is 11.4 Å². The van der Waals surface area contributed by atoms with Gasteiger partial charge in [0.2, 0.25) is 11.7 Å². The summed E-state index contributed by atoms with van der Waals surface area (Å²) in [6.07, 6.45) is 1.80. The van der Waals surface area contributed by atoms with Crippen LogP contribution in [0.4, 0.5) is 11.4 Å². The molecule has 0 saturated carbocycles. The summed E-state index contributed by atoms with van der Waals surface area (Å²) in [6.45, 7) is 4.77. The van der Waals surface area contributed by atoms with Gasteiger partial charge in [0.05, 0.1) is 6.10 Å². The Morgan fingerprint density at radius 1 is 1.07 bits per heavy atom. The summed E-state index contributed by atoms with van der Waals surface area (Å²) in [5.74, 6) is -0.286. The fraction of sp³-hybridized carbons (Fsp3) is 0.344. The maximum atomic E-state index is 14.3. The van der Waals surface area contributed by atoms with Crippen LogP contribution < -0.4 is 15.1 Å². The van der Waals surface area contributed by atoms with Crippen LogP contribution in [-0.2, 0) is 20.9 Å². The van der Waals surface area contributed by atoms with E-state index >= 15 is 0 Å². The van der Waals surface area contributed by atoms with Crippen LogP contribution in [0.3, 0.4) is 0 Å². The van der Waals surface area contributed by atoms with Crippen molar-refractivity contribution >= 4 is 34.8 Å². The Hall–Kier alpha value is -4.28. The van der Waals surface area contributed by atoms with Crippen LogP contribution in [0.1, 0.15) is 35.6 Å². The van der Waals surface area contributed by atoms with Crippen LogP contribution in [0.5, 0.6) is 0 Å². The first-order valence-corrected chi connectivity index (χ1v) is 14.7. The fourth-order valence-electron chi connectivity index (χ4n) is 5.12. The highest BCUT2D eigenvalue weighted by Crippen LogP contribution is 2.33. The number of aryl methyl sites for hydroxylation is 1. The van der Waals surface area contributed by atoms with E-state index in [1.54, 1.807) is 29.2 Å². The number of nitrogens with one attached hydrogen (secondary N) is 1. The number of halogens is 1. The maximum absolute atomic E-state index is 14.3. The van der Waals surface area contributed by atoms with Gasteiger partial charge in [-0.2, -0.15) is 4.80 Å². The molecule has 3 aromatic carbocycles. The van der Waals surface area contributed by atoms with Crippen LogP contribution in [0.2, 0.25) is 5.02 Å². The quantitative estimate of drug-likeness (QED) is 0.280. The number of hydrogen-bond donors (Lipinski definition) is 1. The van der Waals surface area contributed by atoms with Crippen LogP contribution in [0.15, 0.2) is 66.7 Å². The highest BCUT2D eigenvalue weighted by molar-refractivity contribution is 6.30. The molecule has 1 aromatic heterocycles. The first-order valence-electron chi connectivity index (χ1n) is 14.3. The van der Waals surface area contributed by atoms with Gasteiger partial charge >= 0.3 is 0 Å². The zero-order valence-electron chi connectivity index (χ0n) is 24.8. The van der Waals surface area contributed by atoms with Crippen molar-refractivity contribution in [2.45, 2.75) is 45.4 Å². The van der Waals surface area contributed by atoms with Crippen molar-refractivity contribution in [1.82, 2.24) is 25.5 Å². The van der Waals surface area contributed by atoms with Gasteiger partial charge in [0.15, 0.2) is 0 Å². The standard InChI is InChI=1S/C32H36ClN7O3/c1-21-7-5-9-28(22(21)2)40(29(41)20-39-36-31(35-37-39)24-10-14-25(33)15-11-24)30(23-12-16-26(17-13-23)38(3)4)32(42)34-19-27-8-6-18-43-27/h5,7,9-17,27,30H,6,8,18-20H2,1-4H3,(H,34,42). The molecule has 0 aliphatic carbocycles. The van der Waals surface area contributed by atoms with Gasteiger partial charge in [-0.1, -0.05) is 35.9 Å². The zero-order chi connectivity index (χ0) is 30.5. The van der Waals surface area contributed by atoms with E-state index in [0.29, 0.717) is 35.2 Å². The molecule has 2 unspecified atom stereocenters. The predicted molar refractivity (Wildman–Crippen MR) is 167 cm³/mol. The van der Waals surface area contributed by atoms with E-state index in [1.165, 1.54) is 4.80 Å². The SMILES string of the molecule is Cc1cccc(N(C(=O)Cn2nnc(-c3ccc(Cl)cc3)n2)C(C(=O)NCC2CCCO2)c2ccc(N(C)C)cc2)c1C. The zero-order valence-corrected chi connectivity index (χ0v) is 25.6. The minimum absolute atomic E-state index is 0.0452. The molecule has 5 rings (SSSR count). The van der Waals surface area contributed by atoms with Crippen molar-refractivity contribution in [1.29, 1.82) is 0 Å². The molecule has 10 nitrogen and oxygen atoms in total. The lowest BCUT2D eigenvalue weighted by Crippen LogP contribution is -2.47. The Morgan fingerprint density at radius 2 is 1.81 bits per heavy atom. The molecule has 0 spiro atoms. The summed E-state index contributed by atoms with van der Waals surface area (Å²) >= 11 is 6.03. The molecule has 2 amide bonds. The third-order valence-corrected chi connectivity index (χ3v) is 7.95. The van der Waals surface area contributed by atoms with Crippen molar-refractivity contribution in [2.24, 2.45) is 0 Å². The lowest BCUT2D eigenvalue weighted by atomic mass is 9.99. The molecule has 0 radical (unpaired) electrons. The molecule has 2 heterocycles. The van der Waals surface area contributed by atoms with E-state index in [2.05, 4.69) is 20.7 Å². The summed E-state index contributed by atoms with van der Waals surface area (Å²) < 4.78 is 5.75. The van der Waals surface area contributed by atoms with E-state index in [-0.39, 0.29) is 24.5 Å². The van der Waals surface area contributed by atoms with Gasteiger partial charge in [-0.3, -0.25) is 14.5 Å². The number of hydrogen-bond acceptors (Lipinski definition) is 7.